The minimum Gasteiger partial charge on any atom is -0.309 e. The van der Waals surface area contributed by atoms with Gasteiger partial charge in [-0.3, -0.25) is 4.90 Å². The SMILES string of the molecule is CN(C)CCSC1=Nc2ccc(Cl)cc2[C@@H](c2ccccc2Cl)N(C)C1. The van der Waals surface area contributed by atoms with Gasteiger partial charge in [-0.1, -0.05) is 41.4 Å². The van der Waals surface area contributed by atoms with Crippen molar-refractivity contribution in [3.05, 3.63) is 63.6 Å². The third-order valence-electron chi connectivity index (χ3n) is 4.36. The highest BCUT2D eigenvalue weighted by Gasteiger charge is 2.28. The lowest BCUT2D eigenvalue weighted by molar-refractivity contribution is 0.322. The van der Waals surface area contributed by atoms with Crippen LogP contribution in [0.15, 0.2) is 47.5 Å². The number of benzene rings is 2. The third kappa shape index (κ3) is 4.62. The molecule has 0 unspecified atom stereocenters. The van der Waals surface area contributed by atoms with E-state index >= 15 is 0 Å². The van der Waals surface area contributed by atoms with Crippen molar-refractivity contribution in [2.24, 2.45) is 4.99 Å². The summed E-state index contributed by atoms with van der Waals surface area (Å²) in [6, 6.07) is 13.9. The molecule has 3 rings (SSSR count). The quantitative estimate of drug-likeness (QED) is 0.680. The van der Waals surface area contributed by atoms with Crippen LogP contribution in [0.5, 0.6) is 0 Å². The first-order chi connectivity index (χ1) is 12.5. The number of thioether (sulfide) groups is 1. The number of hydrogen-bond acceptors (Lipinski definition) is 4. The molecule has 6 heteroatoms. The summed E-state index contributed by atoms with van der Waals surface area (Å²) >= 11 is 14.7. The smallest absolute Gasteiger partial charge is 0.0880 e. The molecule has 0 spiro atoms. The van der Waals surface area contributed by atoms with Gasteiger partial charge in [-0.2, -0.15) is 0 Å². The summed E-state index contributed by atoms with van der Waals surface area (Å²) in [7, 11) is 6.30. The second-order valence-electron chi connectivity index (χ2n) is 6.70. The summed E-state index contributed by atoms with van der Waals surface area (Å²) in [5, 5.41) is 2.60. The summed E-state index contributed by atoms with van der Waals surface area (Å²) in [6.45, 7) is 1.80. The van der Waals surface area contributed by atoms with Crippen LogP contribution < -0.4 is 0 Å². The van der Waals surface area contributed by atoms with E-state index < -0.39 is 0 Å². The molecular formula is C20H23Cl2N3S. The van der Waals surface area contributed by atoms with Crippen molar-refractivity contribution >= 4 is 45.7 Å². The Morgan fingerprint density at radius 1 is 1.15 bits per heavy atom. The molecule has 0 saturated carbocycles. The van der Waals surface area contributed by atoms with E-state index in [1.165, 1.54) is 0 Å². The number of aliphatic imine (C=N–C) groups is 1. The average Bonchev–Trinajstić information content (AvgIpc) is 2.71. The summed E-state index contributed by atoms with van der Waals surface area (Å²) in [4.78, 5) is 9.44. The normalized spacial score (nSPS) is 17.8. The minimum absolute atomic E-state index is 0.0214. The van der Waals surface area contributed by atoms with E-state index in [0.29, 0.717) is 5.02 Å². The van der Waals surface area contributed by atoms with Crippen molar-refractivity contribution in [1.29, 1.82) is 0 Å². The molecule has 3 nitrogen and oxygen atoms in total. The zero-order valence-corrected chi connectivity index (χ0v) is 17.6. The maximum atomic E-state index is 6.53. The molecule has 0 N–H and O–H groups in total. The van der Waals surface area contributed by atoms with Crippen molar-refractivity contribution in [2.45, 2.75) is 6.04 Å². The lowest BCUT2D eigenvalue weighted by Gasteiger charge is -2.28. The number of halogens is 2. The maximum absolute atomic E-state index is 6.53. The molecule has 1 aliphatic heterocycles. The molecule has 0 amide bonds. The molecule has 0 radical (unpaired) electrons. The third-order valence-corrected chi connectivity index (χ3v) is 5.88. The molecule has 0 aromatic heterocycles. The molecule has 0 aliphatic carbocycles. The van der Waals surface area contributed by atoms with Gasteiger partial charge in [-0.15, -0.1) is 11.8 Å². The fourth-order valence-corrected chi connectivity index (χ4v) is 4.65. The fourth-order valence-electron chi connectivity index (χ4n) is 3.08. The van der Waals surface area contributed by atoms with Gasteiger partial charge in [0, 0.05) is 34.5 Å². The number of fused-ring (bicyclic) bond motifs is 1. The van der Waals surface area contributed by atoms with Gasteiger partial charge in [0.15, 0.2) is 0 Å². The van der Waals surface area contributed by atoms with Crippen molar-refractivity contribution in [3.63, 3.8) is 0 Å². The van der Waals surface area contributed by atoms with E-state index in [1.54, 1.807) is 0 Å². The van der Waals surface area contributed by atoms with E-state index in [0.717, 1.165) is 45.7 Å². The van der Waals surface area contributed by atoms with E-state index in [1.807, 2.05) is 48.2 Å². The maximum Gasteiger partial charge on any atom is 0.0880 e. The molecule has 0 fully saturated rings. The Labute approximate surface area is 170 Å². The molecule has 138 valence electrons. The van der Waals surface area contributed by atoms with Crippen LogP contribution in [-0.4, -0.2) is 54.8 Å². The Morgan fingerprint density at radius 3 is 2.65 bits per heavy atom. The highest BCUT2D eigenvalue weighted by atomic mass is 35.5. The summed E-state index contributed by atoms with van der Waals surface area (Å²) < 4.78 is 0. The van der Waals surface area contributed by atoms with Crippen LogP contribution in [0.4, 0.5) is 5.69 Å². The Morgan fingerprint density at radius 2 is 1.92 bits per heavy atom. The molecule has 1 heterocycles. The highest BCUT2D eigenvalue weighted by Crippen LogP contribution is 2.40. The van der Waals surface area contributed by atoms with Gasteiger partial charge in [0.05, 0.1) is 16.8 Å². The Bertz CT molecular complexity index is 807. The average molecular weight is 408 g/mol. The van der Waals surface area contributed by atoms with Gasteiger partial charge >= 0.3 is 0 Å². The summed E-state index contributed by atoms with van der Waals surface area (Å²) in [5.41, 5.74) is 3.14. The van der Waals surface area contributed by atoms with Gasteiger partial charge in [-0.05, 0) is 51.0 Å². The van der Waals surface area contributed by atoms with E-state index in [9.17, 15) is 0 Å². The van der Waals surface area contributed by atoms with E-state index in [2.05, 4.69) is 37.0 Å². The molecule has 0 saturated heterocycles. The van der Waals surface area contributed by atoms with Crippen molar-refractivity contribution < 1.29 is 0 Å². The molecule has 1 aliphatic rings. The van der Waals surface area contributed by atoms with Gasteiger partial charge in [-0.25, -0.2) is 4.99 Å². The van der Waals surface area contributed by atoms with Gasteiger partial charge in [0.2, 0.25) is 0 Å². The molecule has 26 heavy (non-hydrogen) atoms. The van der Waals surface area contributed by atoms with Crippen LogP contribution in [0.1, 0.15) is 17.2 Å². The Kier molecular flexibility index (Phi) is 6.65. The van der Waals surface area contributed by atoms with Crippen molar-refractivity contribution in [1.82, 2.24) is 9.80 Å². The summed E-state index contributed by atoms with van der Waals surface area (Å²) in [5.74, 6) is 1.01. The minimum atomic E-state index is 0.0214. The first-order valence-corrected chi connectivity index (χ1v) is 10.3. The monoisotopic (exact) mass is 407 g/mol. The number of nitrogens with zero attached hydrogens (tertiary/aromatic N) is 3. The molecular weight excluding hydrogens is 385 g/mol. The largest absolute Gasteiger partial charge is 0.309 e. The fraction of sp³-hybridized carbons (Fsp3) is 0.350. The molecule has 2 aromatic rings. The summed E-state index contributed by atoms with van der Waals surface area (Å²) in [6.07, 6.45) is 0. The van der Waals surface area contributed by atoms with Gasteiger partial charge in [0.25, 0.3) is 0 Å². The number of hydrogen-bond donors (Lipinski definition) is 0. The zero-order valence-electron chi connectivity index (χ0n) is 15.2. The topological polar surface area (TPSA) is 18.8 Å². The predicted molar refractivity (Wildman–Crippen MR) is 115 cm³/mol. The Balaban J connectivity index is 1.99. The van der Waals surface area contributed by atoms with Crippen LogP contribution in [0.25, 0.3) is 0 Å². The van der Waals surface area contributed by atoms with Gasteiger partial charge in [0.1, 0.15) is 0 Å². The first-order valence-electron chi connectivity index (χ1n) is 8.55. The molecule has 1 atom stereocenters. The number of rotatable bonds is 4. The second-order valence-corrected chi connectivity index (χ2v) is 8.71. The van der Waals surface area contributed by atoms with Crippen LogP contribution in [-0.2, 0) is 0 Å². The van der Waals surface area contributed by atoms with Crippen LogP contribution >= 0.6 is 35.0 Å². The second kappa shape index (κ2) is 8.77. The lowest BCUT2D eigenvalue weighted by Crippen LogP contribution is -2.29. The molecule has 0 bridgehead atoms. The lowest BCUT2D eigenvalue weighted by atomic mass is 9.96. The molecule has 2 aromatic carbocycles. The standard InChI is InChI=1S/C20H23Cl2N3S/c1-24(2)10-11-26-19-13-25(3)20(15-6-4-5-7-17(15)22)16-12-14(21)8-9-18(16)23-19/h4-9,12,20H,10-11,13H2,1-3H3/t20-/m1/s1. The first kappa shape index (κ1) is 19.7. The highest BCUT2D eigenvalue weighted by molar-refractivity contribution is 8.14. The predicted octanol–water partition coefficient (Wildman–Crippen LogP) is 5.35. The zero-order chi connectivity index (χ0) is 18.7. The van der Waals surface area contributed by atoms with Gasteiger partial charge < -0.3 is 4.90 Å². The van der Waals surface area contributed by atoms with Crippen LogP contribution in [0.2, 0.25) is 10.0 Å². The van der Waals surface area contributed by atoms with E-state index in [4.69, 9.17) is 28.2 Å². The van der Waals surface area contributed by atoms with Crippen LogP contribution in [0, 0.1) is 0 Å². The van der Waals surface area contributed by atoms with Crippen molar-refractivity contribution in [2.75, 3.05) is 40.0 Å². The van der Waals surface area contributed by atoms with Crippen LogP contribution in [0.3, 0.4) is 0 Å². The van der Waals surface area contributed by atoms with Crippen molar-refractivity contribution in [3.8, 4) is 0 Å². The van der Waals surface area contributed by atoms with E-state index in [-0.39, 0.29) is 6.04 Å². The Hall–Kier alpha value is -1.04.